The molecule has 172 valence electrons. The van der Waals surface area contributed by atoms with Crippen molar-refractivity contribution in [1.29, 1.82) is 0 Å². The molecule has 1 aliphatic heterocycles. The molecule has 2 heterocycles. The molecule has 2 amide bonds. The van der Waals surface area contributed by atoms with Crippen molar-refractivity contribution in [2.45, 2.75) is 46.3 Å². The molecule has 1 aromatic heterocycles. The summed E-state index contributed by atoms with van der Waals surface area (Å²) in [4.78, 5) is 26.5. The Labute approximate surface area is 183 Å². The molecular formula is C22H25F2N3O5. The number of nitrogens with zero attached hydrogens (tertiary/aromatic N) is 1. The molecule has 1 atom stereocenters. The largest absolute Gasteiger partial charge is 0.491 e. The van der Waals surface area contributed by atoms with Gasteiger partial charge in [0.1, 0.15) is 36.1 Å². The molecule has 0 saturated carbocycles. The summed E-state index contributed by atoms with van der Waals surface area (Å²) in [5, 5.41) is 14.0. The number of carbonyl (C=O) groups is 2. The number of amides is 2. The van der Waals surface area contributed by atoms with Gasteiger partial charge in [0, 0.05) is 24.2 Å². The van der Waals surface area contributed by atoms with Gasteiger partial charge in [-0.25, -0.2) is 18.6 Å². The molecule has 3 N–H and O–H groups in total. The molecule has 0 bridgehead atoms. The molecule has 1 aliphatic rings. The Morgan fingerprint density at radius 2 is 2.03 bits per heavy atom. The van der Waals surface area contributed by atoms with Crippen LogP contribution in [0, 0.1) is 5.92 Å². The van der Waals surface area contributed by atoms with Crippen LogP contribution in [-0.2, 0) is 11.4 Å². The third-order valence-corrected chi connectivity index (χ3v) is 4.85. The Morgan fingerprint density at radius 3 is 2.66 bits per heavy atom. The Morgan fingerprint density at radius 1 is 1.28 bits per heavy atom. The van der Waals surface area contributed by atoms with Crippen LogP contribution in [0.4, 0.5) is 19.4 Å². The molecule has 8 nitrogen and oxygen atoms in total. The van der Waals surface area contributed by atoms with E-state index in [0.717, 1.165) is 0 Å². The van der Waals surface area contributed by atoms with E-state index in [-0.39, 0.29) is 36.5 Å². The zero-order valence-electron chi connectivity index (χ0n) is 17.9. The third kappa shape index (κ3) is 5.43. The van der Waals surface area contributed by atoms with E-state index in [1.807, 2.05) is 13.8 Å². The van der Waals surface area contributed by atoms with E-state index < -0.39 is 24.1 Å². The van der Waals surface area contributed by atoms with Gasteiger partial charge in [0.25, 0.3) is 6.43 Å². The fourth-order valence-electron chi connectivity index (χ4n) is 3.63. The first kappa shape index (κ1) is 23.2. The molecule has 0 saturated heterocycles. The van der Waals surface area contributed by atoms with E-state index >= 15 is 0 Å². The number of halogens is 2. The second kappa shape index (κ2) is 9.80. The summed E-state index contributed by atoms with van der Waals surface area (Å²) in [6, 6.07) is 4.09. The topological polar surface area (TPSA) is 110 Å². The van der Waals surface area contributed by atoms with Gasteiger partial charge in [-0.3, -0.25) is 4.79 Å². The first-order valence-corrected chi connectivity index (χ1v) is 10.1. The summed E-state index contributed by atoms with van der Waals surface area (Å²) in [6.07, 6.45) is -2.06. The van der Waals surface area contributed by atoms with Gasteiger partial charge in [-0.05, 0) is 36.1 Å². The number of carbonyl (C=O) groups excluding carboxylic acids is 1. The standard InChI is InChI=1S/C22H25F2N3O5/c1-11(2)6-14(27-22(29)30)10-31-17-5-4-15-16-7-18(26-12(3)28)25-8-13(16)9-32-20(15)19(17)21(23)24/h4-5,7-8,11,14,21,27H,6,9-10H2,1-3H3,(H,29,30)(H,25,26,28). The lowest BCUT2D eigenvalue weighted by Crippen LogP contribution is -2.39. The summed E-state index contributed by atoms with van der Waals surface area (Å²) in [5.74, 6) is 0.114. The molecule has 1 unspecified atom stereocenters. The summed E-state index contributed by atoms with van der Waals surface area (Å²) < 4.78 is 39.4. The monoisotopic (exact) mass is 449 g/mol. The minimum absolute atomic E-state index is 0.00317. The number of hydrogen-bond acceptors (Lipinski definition) is 5. The van der Waals surface area contributed by atoms with Gasteiger partial charge in [0.05, 0.1) is 6.04 Å². The molecule has 0 radical (unpaired) electrons. The van der Waals surface area contributed by atoms with Gasteiger partial charge in [-0.15, -0.1) is 0 Å². The lowest BCUT2D eigenvalue weighted by molar-refractivity contribution is -0.114. The van der Waals surface area contributed by atoms with E-state index in [9.17, 15) is 18.4 Å². The number of alkyl halides is 2. The Kier molecular flexibility index (Phi) is 7.12. The average Bonchev–Trinajstić information content (AvgIpc) is 2.69. The van der Waals surface area contributed by atoms with Crippen LogP contribution in [0.1, 0.15) is 44.7 Å². The number of nitrogens with one attached hydrogen (secondary N) is 2. The summed E-state index contributed by atoms with van der Waals surface area (Å²) in [5.41, 5.74) is 1.36. The number of anilines is 1. The number of carboxylic acid groups (broad SMARTS) is 1. The van der Waals surface area contributed by atoms with Crippen LogP contribution in [0.15, 0.2) is 24.4 Å². The Bertz CT molecular complexity index is 1010. The van der Waals surface area contributed by atoms with Crippen LogP contribution in [0.2, 0.25) is 0 Å². The van der Waals surface area contributed by atoms with Crippen molar-refractivity contribution < 1.29 is 33.0 Å². The Hall–Kier alpha value is -3.43. The highest BCUT2D eigenvalue weighted by Crippen LogP contribution is 2.47. The molecule has 0 spiro atoms. The highest BCUT2D eigenvalue weighted by Gasteiger charge is 2.29. The van der Waals surface area contributed by atoms with Crippen LogP contribution < -0.4 is 20.1 Å². The average molecular weight is 449 g/mol. The van der Waals surface area contributed by atoms with Gasteiger partial charge in [-0.2, -0.15) is 0 Å². The summed E-state index contributed by atoms with van der Waals surface area (Å²) >= 11 is 0. The van der Waals surface area contributed by atoms with Crippen molar-refractivity contribution >= 4 is 17.8 Å². The van der Waals surface area contributed by atoms with Gasteiger partial charge >= 0.3 is 6.09 Å². The predicted octanol–water partition coefficient (Wildman–Crippen LogP) is 4.60. The van der Waals surface area contributed by atoms with Crippen LogP contribution in [-0.4, -0.2) is 34.7 Å². The fraction of sp³-hybridized carbons (Fsp3) is 0.409. The van der Waals surface area contributed by atoms with Gasteiger partial charge in [0.2, 0.25) is 5.91 Å². The van der Waals surface area contributed by atoms with Crippen LogP contribution >= 0.6 is 0 Å². The molecule has 0 aliphatic carbocycles. The highest BCUT2D eigenvalue weighted by atomic mass is 19.3. The van der Waals surface area contributed by atoms with Crippen molar-refractivity contribution in [2.75, 3.05) is 11.9 Å². The smallest absolute Gasteiger partial charge is 0.404 e. The number of ether oxygens (including phenoxy) is 2. The van der Waals surface area contributed by atoms with Crippen molar-refractivity contribution in [2.24, 2.45) is 5.92 Å². The number of fused-ring (bicyclic) bond motifs is 3. The molecule has 0 fully saturated rings. The fourth-order valence-corrected chi connectivity index (χ4v) is 3.63. The van der Waals surface area contributed by atoms with Crippen molar-refractivity contribution in [3.05, 3.63) is 35.5 Å². The lowest BCUT2D eigenvalue weighted by atomic mass is 9.95. The van der Waals surface area contributed by atoms with E-state index in [1.165, 1.54) is 19.2 Å². The number of hydrogen-bond donors (Lipinski definition) is 3. The van der Waals surface area contributed by atoms with Gasteiger partial charge in [-0.1, -0.05) is 13.8 Å². The normalized spacial score (nSPS) is 13.1. The minimum atomic E-state index is -2.88. The molecular weight excluding hydrogens is 424 g/mol. The first-order chi connectivity index (χ1) is 15.2. The third-order valence-electron chi connectivity index (χ3n) is 4.85. The maximum atomic E-state index is 14.0. The summed E-state index contributed by atoms with van der Waals surface area (Å²) in [7, 11) is 0. The SMILES string of the molecule is CC(=O)Nc1cc2c(cn1)COc1c-2ccc(OCC(CC(C)C)NC(=O)O)c1C(F)F. The number of aromatic nitrogens is 1. The maximum absolute atomic E-state index is 14.0. The van der Waals surface area contributed by atoms with E-state index in [4.69, 9.17) is 14.6 Å². The second-order valence-corrected chi connectivity index (χ2v) is 7.94. The van der Waals surface area contributed by atoms with Crippen LogP contribution in [0.5, 0.6) is 11.5 Å². The van der Waals surface area contributed by atoms with Crippen molar-refractivity contribution in [1.82, 2.24) is 10.3 Å². The summed E-state index contributed by atoms with van der Waals surface area (Å²) in [6.45, 7) is 5.14. The lowest BCUT2D eigenvalue weighted by Gasteiger charge is -2.26. The van der Waals surface area contributed by atoms with Gasteiger partial charge in [0.15, 0.2) is 0 Å². The molecule has 3 rings (SSSR count). The van der Waals surface area contributed by atoms with Gasteiger partial charge < -0.3 is 25.2 Å². The first-order valence-electron chi connectivity index (χ1n) is 10.1. The zero-order valence-corrected chi connectivity index (χ0v) is 17.9. The highest BCUT2D eigenvalue weighted by molar-refractivity contribution is 5.89. The quantitative estimate of drug-likeness (QED) is 0.543. The minimum Gasteiger partial charge on any atom is -0.491 e. The maximum Gasteiger partial charge on any atom is 0.404 e. The number of rotatable bonds is 8. The molecule has 10 heteroatoms. The van der Waals surface area contributed by atoms with Crippen molar-refractivity contribution in [3.63, 3.8) is 0 Å². The van der Waals surface area contributed by atoms with Crippen LogP contribution in [0.3, 0.4) is 0 Å². The number of pyridine rings is 1. The molecule has 2 aromatic rings. The van der Waals surface area contributed by atoms with Crippen LogP contribution in [0.25, 0.3) is 11.1 Å². The van der Waals surface area contributed by atoms with E-state index in [0.29, 0.717) is 28.9 Å². The second-order valence-electron chi connectivity index (χ2n) is 7.94. The number of benzene rings is 1. The zero-order chi connectivity index (χ0) is 23.4. The molecule has 1 aromatic carbocycles. The molecule has 32 heavy (non-hydrogen) atoms. The van der Waals surface area contributed by atoms with E-state index in [1.54, 1.807) is 12.1 Å². The Balaban J connectivity index is 1.94. The predicted molar refractivity (Wildman–Crippen MR) is 113 cm³/mol. The van der Waals surface area contributed by atoms with E-state index in [2.05, 4.69) is 15.6 Å². The van der Waals surface area contributed by atoms with Crippen molar-refractivity contribution in [3.8, 4) is 22.6 Å².